The molecule has 0 bridgehead atoms. The van der Waals surface area contributed by atoms with Gasteiger partial charge in [-0.1, -0.05) is 18.6 Å². The van der Waals surface area contributed by atoms with Crippen LogP contribution in [0.2, 0.25) is 0 Å². The fraction of sp³-hybridized carbons (Fsp3) is 0.304. The number of nitrogens with one attached hydrogen (secondary N) is 1. The first-order valence-corrected chi connectivity index (χ1v) is 10.2. The average Bonchev–Trinajstić information content (AvgIpc) is 3.02. The summed E-state index contributed by atoms with van der Waals surface area (Å²) in [6, 6.07) is 13.5. The molecular weight excluding hydrogens is 397 g/mol. The molecule has 4 rings (SSSR count). The molecule has 1 amide bonds. The number of anilines is 1. The van der Waals surface area contributed by atoms with Crippen molar-refractivity contribution in [2.45, 2.75) is 38.6 Å². The monoisotopic (exact) mass is 419 g/mol. The molecule has 1 N–H and O–H groups in total. The lowest BCUT2D eigenvalue weighted by Crippen LogP contribution is -2.20. The summed E-state index contributed by atoms with van der Waals surface area (Å²) in [5.74, 6) is 1.11. The number of nitriles is 1. The van der Waals surface area contributed by atoms with Gasteiger partial charge in [0, 0.05) is 18.7 Å². The van der Waals surface area contributed by atoms with Crippen LogP contribution in [-0.2, 0) is 24.2 Å². The highest BCUT2D eigenvalue weighted by molar-refractivity contribution is 5.92. The molecule has 3 aromatic rings. The van der Waals surface area contributed by atoms with Crippen molar-refractivity contribution in [1.29, 1.82) is 5.26 Å². The average molecular weight is 419 g/mol. The van der Waals surface area contributed by atoms with Gasteiger partial charge in [0.25, 0.3) is 5.91 Å². The van der Waals surface area contributed by atoms with Crippen LogP contribution in [0.3, 0.4) is 0 Å². The number of carbonyl (C=O) groups excluding carboxylic acids is 1. The van der Waals surface area contributed by atoms with Crippen molar-refractivity contribution >= 4 is 11.6 Å². The lowest BCUT2D eigenvalue weighted by molar-refractivity contribution is -0.118. The van der Waals surface area contributed by atoms with Crippen LogP contribution in [-0.4, -0.2) is 27.3 Å². The van der Waals surface area contributed by atoms with Gasteiger partial charge in [0.15, 0.2) is 12.4 Å². The van der Waals surface area contributed by atoms with Gasteiger partial charge in [0.05, 0.1) is 18.1 Å². The summed E-state index contributed by atoms with van der Waals surface area (Å²) >= 11 is 0. The Morgan fingerprint density at radius 3 is 2.81 bits per heavy atom. The van der Waals surface area contributed by atoms with Gasteiger partial charge in [-0.25, -0.2) is 4.39 Å². The topological polar surface area (TPSA) is 92.8 Å². The molecule has 0 saturated heterocycles. The van der Waals surface area contributed by atoms with Gasteiger partial charge >= 0.3 is 0 Å². The molecule has 2 heterocycles. The lowest BCUT2D eigenvalue weighted by atomic mass is 10.1. The summed E-state index contributed by atoms with van der Waals surface area (Å²) in [4.78, 5) is 12.3. The fourth-order valence-electron chi connectivity index (χ4n) is 3.60. The molecule has 1 aliphatic heterocycles. The van der Waals surface area contributed by atoms with E-state index in [1.54, 1.807) is 30.3 Å². The summed E-state index contributed by atoms with van der Waals surface area (Å²) in [5.41, 5.74) is 1.65. The Kier molecular flexibility index (Phi) is 6.22. The minimum absolute atomic E-state index is 0.190. The van der Waals surface area contributed by atoms with E-state index in [0.29, 0.717) is 29.2 Å². The van der Waals surface area contributed by atoms with E-state index < -0.39 is 5.82 Å². The van der Waals surface area contributed by atoms with E-state index in [2.05, 4.69) is 21.6 Å². The normalized spacial score (nSPS) is 13.0. The Balaban J connectivity index is 1.43. The van der Waals surface area contributed by atoms with Gasteiger partial charge in [-0.2, -0.15) is 5.26 Å². The molecule has 0 saturated carbocycles. The second-order valence-electron chi connectivity index (χ2n) is 7.41. The molecule has 8 heteroatoms. The first-order valence-electron chi connectivity index (χ1n) is 10.2. The molecule has 0 spiro atoms. The van der Waals surface area contributed by atoms with Crippen molar-refractivity contribution in [3.8, 4) is 23.2 Å². The first-order chi connectivity index (χ1) is 15.1. The minimum Gasteiger partial charge on any atom is -0.484 e. The Morgan fingerprint density at radius 2 is 2.00 bits per heavy atom. The van der Waals surface area contributed by atoms with Gasteiger partial charge in [-0.3, -0.25) is 4.79 Å². The summed E-state index contributed by atoms with van der Waals surface area (Å²) in [6.07, 6.45) is 4.33. The van der Waals surface area contributed by atoms with Gasteiger partial charge in [0.2, 0.25) is 0 Å². The van der Waals surface area contributed by atoms with Crippen molar-refractivity contribution in [1.82, 2.24) is 14.8 Å². The van der Waals surface area contributed by atoms with Crippen LogP contribution in [0.25, 0.3) is 11.4 Å². The van der Waals surface area contributed by atoms with Gasteiger partial charge < -0.3 is 14.6 Å². The van der Waals surface area contributed by atoms with E-state index >= 15 is 0 Å². The quantitative estimate of drug-likeness (QED) is 0.654. The molecule has 2 aromatic carbocycles. The zero-order chi connectivity index (χ0) is 21.6. The second kappa shape index (κ2) is 9.39. The first kappa shape index (κ1) is 20.5. The predicted molar refractivity (Wildman–Crippen MR) is 113 cm³/mol. The van der Waals surface area contributed by atoms with Crippen LogP contribution in [0.15, 0.2) is 42.5 Å². The summed E-state index contributed by atoms with van der Waals surface area (Å²) in [6.45, 7) is 0.569. The van der Waals surface area contributed by atoms with E-state index in [1.165, 1.54) is 12.1 Å². The zero-order valence-electron chi connectivity index (χ0n) is 17.0. The molecule has 0 atom stereocenters. The number of nitrogens with zero attached hydrogens (tertiary/aromatic N) is 4. The lowest BCUT2D eigenvalue weighted by Gasteiger charge is -2.11. The molecule has 0 aliphatic carbocycles. The van der Waals surface area contributed by atoms with Crippen molar-refractivity contribution in [2.24, 2.45) is 0 Å². The molecule has 0 radical (unpaired) electrons. The molecule has 158 valence electrons. The third kappa shape index (κ3) is 4.89. The number of halogens is 1. The molecular formula is C23H22FN5O2. The minimum atomic E-state index is -0.411. The molecule has 7 nitrogen and oxygen atoms in total. The number of fused-ring (bicyclic) bond motifs is 1. The number of aryl methyl sites for hydroxylation is 1. The molecule has 0 fully saturated rings. The van der Waals surface area contributed by atoms with Crippen LogP contribution >= 0.6 is 0 Å². The van der Waals surface area contributed by atoms with E-state index in [0.717, 1.165) is 43.6 Å². The van der Waals surface area contributed by atoms with Crippen LogP contribution < -0.4 is 10.1 Å². The number of hydrogen-bond acceptors (Lipinski definition) is 5. The highest BCUT2D eigenvalue weighted by Crippen LogP contribution is 2.27. The van der Waals surface area contributed by atoms with Crippen molar-refractivity contribution in [3.63, 3.8) is 0 Å². The zero-order valence-corrected chi connectivity index (χ0v) is 17.0. The highest BCUT2D eigenvalue weighted by Gasteiger charge is 2.19. The SMILES string of the molecule is N#CCc1ccc(OCC(=O)Nc2ccc(F)c(-c3nnc4n3CCCCC4)c2)cc1. The second-order valence-corrected chi connectivity index (χ2v) is 7.41. The van der Waals surface area contributed by atoms with E-state index in [-0.39, 0.29) is 12.5 Å². The third-order valence-electron chi connectivity index (χ3n) is 5.18. The maximum atomic E-state index is 14.6. The Bertz CT molecular complexity index is 1120. The molecule has 0 unspecified atom stereocenters. The summed E-state index contributed by atoms with van der Waals surface area (Å²) < 4.78 is 22.0. The number of rotatable bonds is 6. The van der Waals surface area contributed by atoms with E-state index in [9.17, 15) is 9.18 Å². The maximum Gasteiger partial charge on any atom is 0.262 e. The number of carbonyl (C=O) groups is 1. The highest BCUT2D eigenvalue weighted by atomic mass is 19.1. The van der Waals surface area contributed by atoms with Crippen molar-refractivity contribution < 1.29 is 13.9 Å². The number of benzene rings is 2. The van der Waals surface area contributed by atoms with Crippen molar-refractivity contribution in [2.75, 3.05) is 11.9 Å². The largest absolute Gasteiger partial charge is 0.484 e. The van der Waals surface area contributed by atoms with Gasteiger partial charge in [0.1, 0.15) is 17.4 Å². The van der Waals surface area contributed by atoms with E-state index in [4.69, 9.17) is 10.00 Å². The number of amides is 1. The van der Waals surface area contributed by atoms with Gasteiger partial charge in [-0.15, -0.1) is 10.2 Å². The van der Waals surface area contributed by atoms with Crippen LogP contribution in [0.1, 0.15) is 30.7 Å². The van der Waals surface area contributed by atoms with E-state index in [1.807, 2.05) is 4.57 Å². The van der Waals surface area contributed by atoms with Crippen molar-refractivity contribution in [3.05, 3.63) is 59.7 Å². The standard InChI is InChI=1S/C23H22FN5O2/c24-20-10-7-17(14-19(20)23-28-27-21-4-2-1-3-13-29(21)23)26-22(30)15-31-18-8-5-16(6-9-18)11-12-25/h5-10,14H,1-4,11,13,15H2,(H,26,30). The maximum absolute atomic E-state index is 14.6. The summed E-state index contributed by atoms with van der Waals surface area (Å²) in [5, 5.41) is 19.9. The Hall–Kier alpha value is -3.73. The van der Waals surface area contributed by atoms with Crippen LogP contribution in [0, 0.1) is 17.1 Å². The number of hydrogen-bond donors (Lipinski definition) is 1. The van der Waals surface area contributed by atoms with Crippen LogP contribution in [0.5, 0.6) is 5.75 Å². The Labute approximate surface area is 179 Å². The molecule has 1 aromatic heterocycles. The molecule has 31 heavy (non-hydrogen) atoms. The Morgan fingerprint density at radius 1 is 1.16 bits per heavy atom. The number of aromatic nitrogens is 3. The van der Waals surface area contributed by atoms with Crippen LogP contribution in [0.4, 0.5) is 10.1 Å². The third-order valence-corrected chi connectivity index (χ3v) is 5.18. The predicted octanol–water partition coefficient (Wildman–Crippen LogP) is 3.89. The molecule has 1 aliphatic rings. The fourth-order valence-corrected chi connectivity index (χ4v) is 3.60. The number of ether oxygens (including phenoxy) is 1. The van der Waals surface area contributed by atoms with Gasteiger partial charge in [-0.05, 0) is 48.7 Å². The smallest absolute Gasteiger partial charge is 0.262 e. The summed E-state index contributed by atoms with van der Waals surface area (Å²) in [7, 11) is 0.